The Balaban J connectivity index is 0.000000247. The van der Waals surface area contributed by atoms with E-state index in [1.54, 1.807) is 0 Å². The molecule has 0 aromatic heterocycles. The Morgan fingerprint density at radius 2 is 1.37 bits per heavy atom. The lowest BCUT2D eigenvalue weighted by molar-refractivity contribution is 0.560. The minimum Gasteiger partial charge on any atom is -0.255 e. The second kappa shape index (κ2) is 13.8. The molecule has 3 rings (SSSR count). The van der Waals surface area contributed by atoms with Crippen molar-refractivity contribution in [2.45, 2.75) is 25.0 Å². The van der Waals surface area contributed by atoms with Gasteiger partial charge in [0.15, 0.2) is 9.84 Å². The highest BCUT2D eigenvalue weighted by atomic mass is 35.5. The molecule has 0 bridgehead atoms. The van der Waals surface area contributed by atoms with Crippen LogP contribution in [0.1, 0.15) is 24.8 Å². The topological polar surface area (TPSA) is 83.5 Å². The fourth-order valence-corrected chi connectivity index (χ4v) is 8.37. The summed E-state index contributed by atoms with van der Waals surface area (Å²) < 4.78 is 51.0. The standard InChI is InChI=1S/C11H12Cl4O2S.C9H9Cl3N2O2S/c12-3-1-2-4-18(16,17)7-9-10(14)5-8(13)6-11(9)15;10-6-4-7(11)9(8(12)5-6)14-3-1-2-13-17(14,15)16/h5-6H,1-4,7H2;4-5,13H,1-3H2. The Morgan fingerprint density at radius 1 is 0.857 bits per heavy atom. The molecule has 1 N–H and O–H groups in total. The molecular weight excluding hydrogens is 645 g/mol. The number of unbranched alkanes of at least 4 members (excludes halogenated alkanes) is 1. The van der Waals surface area contributed by atoms with E-state index in [-0.39, 0.29) is 37.3 Å². The molecule has 35 heavy (non-hydrogen) atoms. The maximum atomic E-state index is 11.9. The zero-order chi connectivity index (χ0) is 26.4. The fraction of sp³-hybridized carbons (Fsp3) is 0.400. The maximum Gasteiger partial charge on any atom is 0.301 e. The minimum atomic E-state index is -3.56. The Labute approximate surface area is 240 Å². The van der Waals surface area contributed by atoms with E-state index in [4.69, 9.17) is 81.2 Å². The van der Waals surface area contributed by atoms with Crippen molar-refractivity contribution in [2.24, 2.45) is 0 Å². The van der Waals surface area contributed by atoms with E-state index in [0.29, 0.717) is 53.8 Å². The summed E-state index contributed by atoms with van der Waals surface area (Å²) in [6, 6.07) is 5.90. The molecule has 15 heteroatoms. The van der Waals surface area contributed by atoms with E-state index in [0.717, 1.165) is 4.31 Å². The normalized spacial score (nSPS) is 15.5. The van der Waals surface area contributed by atoms with Crippen LogP contribution in [0.5, 0.6) is 0 Å². The molecule has 0 unspecified atom stereocenters. The summed E-state index contributed by atoms with van der Waals surface area (Å²) >= 11 is 40.9. The van der Waals surface area contributed by atoms with Crippen LogP contribution in [0.25, 0.3) is 0 Å². The molecule has 0 aliphatic carbocycles. The first kappa shape index (κ1) is 31.3. The van der Waals surface area contributed by atoms with Crippen LogP contribution in [0.3, 0.4) is 0 Å². The lowest BCUT2D eigenvalue weighted by Gasteiger charge is -2.30. The third kappa shape index (κ3) is 9.43. The summed E-state index contributed by atoms with van der Waals surface area (Å²) in [5, 5.41) is 1.73. The smallest absolute Gasteiger partial charge is 0.255 e. The molecule has 0 spiro atoms. The van der Waals surface area contributed by atoms with Crippen molar-refractivity contribution in [2.75, 3.05) is 29.0 Å². The summed E-state index contributed by atoms with van der Waals surface area (Å²) in [5.74, 6) is 0.358. The molecule has 1 fully saturated rings. The molecule has 1 aliphatic rings. The number of benzene rings is 2. The lowest BCUT2D eigenvalue weighted by Crippen LogP contribution is -2.47. The third-order valence-corrected chi connectivity index (χ3v) is 9.76. The molecule has 1 heterocycles. The van der Waals surface area contributed by atoms with Crippen molar-refractivity contribution in [1.29, 1.82) is 0 Å². The summed E-state index contributed by atoms with van der Waals surface area (Å²) in [6.45, 7) is 0.762. The first-order valence-electron chi connectivity index (χ1n) is 10.1. The van der Waals surface area contributed by atoms with Crippen LogP contribution in [0, 0.1) is 0 Å². The van der Waals surface area contributed by atoms with Gasteiger partial charge in [-0.3, -0.25) is 4.31 Å². The number of nitrogens with zero attached hydrogens (tertiary/aromatic N) is 1. The van der Waals surface area contributed by atoms with E-state index in [2.05, 4.69) is 4.72 Å². The molecule has 0 saturated carbocycles. The van der Waals surface area contributed by atoms with E-state index in [9.17, 15) is 16.8 Å². The van der Waals surface area contributed by atoms with E-state index < -0.39 is 20.0 Å². The molecule has 2 aromatic carbocycles. The Morgan fingerprint density at radius 3 is 1.86 bits per heavy atom. The average Bonchev–Trinajstić information content (AvgIpc) is 2.72. The molecule has 0 atom stereocenters. The zero-order valence-electron chi connectivity index (χ0n) is 18.0. The number of anilines is 1. The van der Waals surface area contributed by atoms with Crippen molar-refractivity contribution in [3.63, 3.8) is 0 Å². The molecular formula is C20H21Cl7N2O4S2. The van der Waals surface area contributed by atoms with Crippen LogP contribution < -0.4 is 9.03 Å². The van der Waals surface area contributed by atoms with Gasteiger partial charge < -0.3 is 0 Å². The number of hydrogen-bond donors (Lipinski definition) is 1. The highest BCUT2D eigenvalue weighted by molar-refractivity contribution is 7.91. The summed E-state index contributed by atoms with van der Waals surface area (Å²) in [4.78, 5) is 0. The minimum absolute atomic E-state index is 0.0784. The van der Waals surface area contributed by atoms with Gasteiger partial charge in [-0.1, -0.05) is 69.6 Å². The van der Waals surface area contributed by atoms with E-state index in [1.165, 1.54) is 24.3 Å². The number of rotatable bonds is 7. The summed E-state index contributed by atoms with van der Waals surface area (Å²) in [5.41, 5.74) is 0.665. The van der Waals surface area contributed by atoms with Gasteiger partial charge in [0.25, 0.3) is 0 Å². The Kier molecular flexibility index (Phi) is 12.3. The molecule has 2 aromatic rings. The van der Waals surface area contributed by atoms with Crippen molar-refractivity contribution >= 4 is 107 Å². The number of alkyl halides is 1. The third-order valence-electron chi connectivity index (χ3n) is 4.65. The Hall–Kier alpha value is 0.130. The van der Waals surface area contributed by atoms with Crippen molar-refractivity contribution in [3.05, 3.63) is 60.0 Å². The average molecular weight is 666 g/mol. The first-order valence-corrected chi connectivity index (χ1v) is 16.2. The van der Waals surface area contributed by atoms with Crippen molar-refractivity contribution in [3.8, 4) is 0 Å². The van der Waals surface area contributed by atoms with Crippen LogP contribution in [-0.4, -0.2) is 41.6 Å². The van der Waals surface area contributed by atoms with Gasteiger partial charge in [0.2, 0.25) is 0 Å². The van der Waals surface area contributed by atoms with E-state index >= 15 is 0 Å². The molecule has 1 saturated heterocycles. The zero-order valence-corrected chi connectivity index (χ0v) is 24.9. The van der Waals surface area contributed by atoms with Gasteiger partial charge in [-0.15, -0.1) is 11.6 Å². The number of halogens is 7. The Bertz CT molecular complexity index is 1210. The molecule has 0 amide bonds. The van der Waals surface area contributed by atoms with Gasteiger partial charge in [0.05, 0.1) is 27.2 Å². The number of nitrogens with one attached hydrogen (secondary N) is 1. The lowest BCUT2D eigenvalue weighted by atomic mass is 10.2. The molecule has 0 radical (unpaired) electrons. The number of hydrogen-bond acceptors (Lipinski definition) is 4. The second-order valence-electron chi connectivity index (χ2n) is 7.38. The monoisotopic (exact) mass is 662 g/mol. The molecule has 1 aliphatic heterocycles. The van der Waals surface area contributed by atoms with Gasteiger partial charge in [0, 0.05) is 44.6 Å². The van der Waals surface area contributed by atoms with E-state index in [1.807, 2.05) is 0 Å². The fourth-order valence-electron chi connectivity index (χ4n) is 3.05. The van der Waals surface area contributed by atoms with Crippen LogP contribution in [0.2, 0.25) is 30.1 Å². The quantitative estimate of drug-likeness (QED) is 0.249. The predicted molar refractivity (Wildman–Crippen MR) is 149 cm³/mol. The van der Waals surface area contributed by atoms with Crippen LogP contribution in [0.15, 0.2) is 24.3 Å². The summed E-state index contributed by atoms with van der Waals surface area (Å²) in [7, 11) is -6.80. The van der Waals surface area contributed by atoms with Crippen LogP contribution >= 0.6 is 81.2 Å². The van der Waals surface area contributed by atoms with Gasteiger partial charge in [-0.2, -0.15) is 13.1 Å². The van der Waals surface area contributed by atoms with Gasteiger partial charge in [-0.25, -0.2) is 8.42 Å². The largest absolute Gasteiger partial charge is 0.301 e. The van der Waals surface area contributed by atoms with Crippen LogP contribution in [-0.2, 0) is 25.8 Å². The second-order valence-corrected chi connectivity index (χ2v) is 14.1. The number of sulfone groups is 1. The van der Waals surface area contributed by atoms with Gasteiger partial charge in [-0.05, 0) is 43.5 Å². The van der Waals surface area contributed by atoms with Gasteiger partial charge in [0.1, 0.15) is 0 Å². The van der Waals surface area contributed by atoms with Gasteiger partial charge >= 0.3 is 10.2 Å². The SMILES string of the molecule is O=S(=O)(CCCCCl)Cc1c(Cl)cc(Cl)cc1Cl.O=S1(=O)NCCCN1c1c(Cl)cc(Cl)cc1Cl. The molecule has 196 valence electrons. The highest BCUT2D eigenvalue weighted by Crippen LogP contribution is 2.38. The van der Waals surface area contributed by atoms with Crippen LogP contribution in [0.4, 0.5) is 5.69 Å². The van der Waals surface area contributed by atoms with Crippen molar-refractivity contribution < 1.29 is 16.8 Å². The first-order chi connectivity index (χ1) is 16.3. The highest BCUT2D eigenvalue weighted by Gasteiger charge is 2.29. The van der Waals surface area contributed by atoms with Crippen molar-refractivity contribution in [1.82, 2.24) is 4.72 Å². The predicted octanol–water partition coefficient (Wildman–Crippen LogP) is 7.27. The maximum absolute atomic E-state index is 11.9. The molecule has 6 nitrogen and oxygen atoms in total. The summed E-state index contributed by atoms with van der Waals surface area (Å²) in [6.07, 6.45) is 1.89.